The van der Waals surface area contributed by atoms with Crippen LogP contribution in [0.25, 0.3) is 0 Å². The number of benzene rings is 2. The first-order chi connectivity index (χ1) is 18.0. The minimum atomic E-state index is -0.530. The summed E-state index contributed by atoms with van der Waals surface area (Å²) in [5.41, 5.74) is 8.81. The van der Waals surface area contributed by atoms with E-state index >= 15 is 0 Å². The molecule has 0 radical (unpaired) electrons. The lowest BCUT2D eigenvalue weighted by atomic mass is 10.1. The smallest absolute Gasteiger partial charge is 0.324 e. The Kier molecular flexibility index (Phi) is 8.56. The highest BCUT2D eigenvalue weighted by Gasteiger charge is 2.24. The molecule has 4 rings (SSSR count). The van der Waals surface area contributed by atoms with Gasteiger partial charge in [0, 0.05) is 32.3 Å². The van der Waals surface area contributed by atoms with E-state index in [2.05, 4.69) is 15.6 Å². The number of rotatable bonds is 10. The van der Waals surface area contributed by atoms with E-state index in [1.54, 1.807) is 36.4 Å². The van der Waals surface area contributed by atoms with Gasteiger partial charge in [0.1, 0.15) is 12.0 Å². The van der Waals surface area contributed by atoms with Crippen LogP contribution < -0.4 is 16.4 Å². The van der Waals surface area contributed by atoms with Gasteiger partial charge in [-0.3, -0.25) is 15.1 Å². The topological polar surface area (TPSA) is 139 Å². The van der Waals surface area contributed by atoms with Crippen molar-refractivity contribution in [2.45, 2.75) is 25.7 Å². The highest BCUT2D eigenvalue weighted by Crippen LogP contribution is 2.19. The second-order valence-corrected chi connectivity index (χ2v) is 8.38. The maximum Gasteiger partial charge on any atom is 0.324 e. The van der Waals surface area contributed by atoms with E-state index < -0.39 is 18.2 Å². The van der Waals surface area contributed by atoms with Crippen molar-refractivity contribution in [3.63, 3.8) is 0 Å². The van der Waals surface area contributed by atoms with Crippen LogP contribution >= 0.6 is 0 Å². The number of carbonyl (C=O) groups is 2. The molecule has 1 atom stereocenters. The molecule has 0 spiro atoms. The van der Waals surface area contributed by atoms with Crippen molar-refractivity contribution < 1.29 is 24.2 Å². The SMILES string of the molecule is Nc1ccccc1NC(=O)c1ccc(CN(CCCO)C(=O)NC2=COC(Cc3ccccc3)O2)cn1. The summed E-state index contributed by atoms with van der Waals surface area (Å²) in [5.74, 6) is -0.181. The molecule has 2 aromatic carbocycles. The molecule has 0 fully saturated rings. The molecule has 0 saturated carbocycles. The molecule has 37 heavy (non-hydrogen) atoms. The lowest BCUT2D eigenvalue weighted by molar-refractivity contribution is -0.0330. The number of anilines is 2. The van der Waals surface area contributed by atoms with Crippen molar-refractivity contribution in [1.82, 2.24) is 15.2 Å². The quantitative estimate of drug-likeness (QED) is 0.312. The zero-order valence-corrected chi connectivity index (χ0v) is 20.2. The van der Waals surface area contributed by atoms with Crippen LogP contribution in [0.4, 0.5) is 16.2 Å². The van der Waals surface area contributed by atoms with Gasteiger partial charge >= 0.3 is 6.03 Å². The van der Waals surface area contributed by atoms with Gasteiger partial charge in [0.15, 0.2) is 0 Å². The van der Waals surface area contributed by atoms with Crippen molar-refractivity contribution >= 4 is 23.3 Å². The molecule has 0 bridgehead atoms. The van der Waals surface area contributed by atoms with E-state index in [9.17, 15) is 14.7 Å². The number of nitrogen functional groups attached to an aromatic ring is 1. The number of urea groups is 1. The lowest BCUT2D eigenvalue weighted by Gasteiger charge is -2.23. The second kappa shape index (κ2) is 12.4. The normalized spacial score (nSPS) is 14.2. The first-order valence-electron chi connectivity index (χ1n) is 11.9. The molecule has 0 aliphatic carbocycles. The van der Waals surface area contributed by atoms with Crippen LogP contribution in [0.5, 0.6) is 0 Å². The number of nitrogens with one attached hydrogen (secondary N) is 2. The lowest BCUT2D eigenvalue weighted by Crippen LogP contribution is -2.40. The zero-order chi connectivity index (χ0) is 26.0. The third kappa shape index (κ3) is 7.21. The van der Waals surface area contributed by atoms with Gasteiger partial charge in [-0.15, -0.1) is 0 Å². The standard InChI is InChI=1S/C27H29N5O5/c28-21-9-4-5-10-22(21)30-26(34)23-12-11-20(16-29-23)17-32(13-6-14-33)27(35)31-24-18-36-25(37-24)15-19-7-2-1-3-8-19/h1-5,7-12,16,18,25,33H,6,13-15,17,28H2,(H,30,34)(H,31,35). The summed E-state index contributed by atoms with van der Waals surface area (Å²) in [4.78, 5) is 31.2. The fourth-order valence-corrected chi connectivity index (χ4v) is 3.66. The van der Waals surface area contributed by atoms with Gasteiger partial charge in [-0.2, -0.15) is 0 Å². The van der Waals surface area contributed by atoms with E-state index in [1.165, 1.54) is 17.4 Å². The highest BCUT2D eigenvalue weighted by atomic mass is 16.7. The van der Waals surface area contributed by atoms with E-state index in [1.807, 2.05) is 30.3 Å². The van der Waals surface area contributed by atoms with E-state index in [0.717, 1.165) is 5.56 Å². The molecule has 3 amide bonds. The summed E-state index contributed by atoms with van der Waals surface area (Å²) in [6.45, 7) is 0.457. The van der Waals surface area contributed by atoms with E-state index in [0.29, 0.717) is 36.3 Å². The third-order valence-corrected chi connectivity index (χ3v) is 5.57. The minimum absolute atomic E-state index is 0.0643. The number of aromatic nitrogens is 1. The first-order valence-corrected chi connectivity index (χ1v) is 11.9. The molecule has 1 aliphatic rings. The van der Waals surface area contributed by atoms with Gasteiger partial charge in [-0.1, -0.05) is 48.5 Å². The fourth-order valence-electron chi connectivity index (χ4n) is 3.66. The zero-order valence-electron chi connectivity index (χ0n) is 20.2. The molecular formula is C27H29N5O5. The maximum atomic E-state index is 12.9. The number of pyridine rings is 1. The summed E-state index contributed by atoms with van der Waals surface area (Å²) in [5, 5.41) is 14.7. The number of ether oxygens (including phenoxy) is 2. The molecule has 10 nitrogen and oxygen atoms in total. The van der Waals surface area contributed by atoms with Gasteiger partial charge in [0.2, 0.25) is 12.2 Å². The first kappa shape index (κ1) is 25.5. The van der Waals surface area contributed by atoms with E-state index in [4.69, 9.17) is 15.2 Å². The summed E-state index contributed by atoms with van der Waals surface area (Å²) >= 11 is 0. The molecule has 0 saturated heterocycles. The number of hydrogen-bond acceptors (Lipinski definition) is 7. The average molecular weight is 504 g/mol. The van der Waals surface area contributed by atoms with Gasteiger partial charge in [0.25, 0.3) is 5.91 Å². The number of hydrogen-bond donors (Lipinski definition) is 4. The van der Waals surface area contributed by atoms with E-state index in [-0.39, 0.29) is 24.7 Å². The number of aliphatic hydroxyl groups is 1. The Morgan fingerprint density at radius 1 is 1.00 bits per heavy atom. The van der Waals surface area contributed by atoms with Crippen LogP contribution in [0.2, 0.25) is 0 Å². The Morgan fingerprint density at radius 3 is 2.51 bits per heavy atom. The van der Waals surface area contributed by atoms with Crippen LogP contribution in [-0.2, 0) is 22.4 Å². The molecule has 3 aromatic rings. The van der Waals surface area contributed by atoms with Crippen LogP contribution in [0.15, 0.2) is 85.1 Å². The molecule has 2 heterocycles. The number of aliphatic hydroxyl groups excluding tert-OH is 1. The van der Waals surface area contributed by atoms with Gasteiger partial charge in [0.05, 0.1) is 11.4 Å². The van der Waals surface area contributed by atoms with Crippen molar-refractivity contribution in [2.75, 3.05) is 24.2 Å². The Bertz CT molecular complexity index is 1230. The predicted molar refractivity (Wildman–Crippen MR) is 138 cm³/mol. The van der Waals surface area contributed by atoms with Gasteiger partial charge in [-0.05, 0) is 35.7 Å². The van der Waals surface area contributed by atoms with Gasteiger partial charge in [-0.25, -0.2) is 4.79 Å². The van der Waals surface area contributed by atoms with Crippen molar-refractivity contribution in [3.8, 4) is 0 Å². The summed E-state index contributed by atoms with van der Waals surface area (Å²) in [6.07, 6.45) is 3.31. The highest BCUT2D eigenvalue weighted by molar-refractivity contribution is 6.04. The Labute approximate surface area is 214 Å². The second-order valence-electron chi connectivity index (χ2n) is 8.38. The Balaban J connectivity index is 1.33. The monoisotopic (exact) mass is 503 g/mol. The number of nitrogens with zero attached hydrogens (tertiary/aromatic N) is 2. The van der Waals surface area contributed by atoms with Crippen molar-refractivity contribution in [2.24, 2.45) is 0 Å². The minimum Gasteiger partial charge on any atom is -0.457 e. The Hall–Kier alpha value is -4.57. The number of nitrogens with two attached hydrogens (primary N) is 1. The third-order valence-electron chi connectivity index (χ3n) is 5.57. The summed E-state index contributed by atoms with van der Waals surface area (Å²) in [7, 11) is 0. The molecule has 1 aromatic heterocycles. The summed E-state index contributed by atoms with van der Waals surface area (Å²) < 4.78 is 11.2. The van der Waals surface area contributed by atoms with Crippen LogP contribution in [0.3, 0.4) is 0 Å². The largest absolute Gasteiger partial charge is 0.457 e. The summed E-state index contributed by atoms with van der Waals surface area (Å²) in [6, 6.07) is 19.6. The van der Waals surface area contributed by atoms with Crippen LogP contribution in [0.1, 0.15) is 28.0 Å². The maximum absolute atomic E-state index is 12.9. The fraction of sp³-hybridized carbons (Fsp3) is 0.222. The molecular weight excluding hydrogens is 474 g/mol. The molecule has 192 valence electrons. The number of para-hydroxylation sites is 2. The molecule has 1 unspecified atom stereocenters. The predicted octanol–water partition coefficient (Wildman–Crippen LogP) is 3.22. The van der Waals surface area contributed by atoms with Crippen molar-refractivity contribution in [3.05, 3.63) is 102 Å². The van der Waals surface area contributed by atoms with Crippen molar-refractivity contribution in [1.29, 1.82) is 0 Å². The van der Waals surface area contributed by atoms with Crippen LogP contribution in [0, 0.1) is 0 Å². The molecule has 10 heteroatoms. The Morgan fingerprint density at radius 2 is 1.78 bits per heavy atom. The molecule has 5 N–H and O–H groups in total. The number of carbonyl (C=O) groups excluding carboxylic acids is 2. The van der Waals surface area contributed by atoms with Crippen LogP contribution in [-0.4, -0.2) is 46.4 Å². The average Bonchev–Trinajstić information content (AvgIpc) is 3.35. The number of amides is 3. The van der Waals surface area contributed by atoms with Gasteiger partial charge < -0.3 is 30.5 Å². The molecule has 1 aliphatic heterocycles.